The summed E-state index contributed by atoms with van der Waals surface area (Å²) in [6, 6.07) is 16.4. The Kier molecular flexibility index (Phi) is 6.28. The Balaban J connectivity index is 1.76. The molecule has 5 rings (SSSR count). The minimum atomic E-state index is -0.719. The molecule has 1 amide bonds. The number of aromatic nitrogens is 1. The number of rotatable bonds is 5. The summed E-state index contributed by atoms with van der Waals surface area (Å²) in [5, 5.41) is 0. The van der Waals surface area contributed by atoms with Crippen LogP contribution in [0.15, 0.2) is 81.7 Å². The first kappa shape index (κ1) is 23.7. The van der Waals surface area contributed by atoms with Gasteiger partial charge in [-0.3, -0.25) is 14.2 Å². The Morgan fingerprint density at radius 1 is 1.08 bits per heavy atom. The average Bonchev–Trinajstić information content (AvgIpc) is 3.34. The fraction of sp³-hybridized carbons (Fsp3) is 0.214. The molecule has 0 N–H and O–H groups in total. The zero-order chi connectivity index (χ0) is 25.4. The van der Waals surface area contributed by atoms with Crippen LogP contribution in [-0.2, 0) is 14.3 Å². The van der Waals surface area contributed by atoms with Crippen molar-refractivity contribution in [3.8, 4) is 0 Å². The Bertz CT molecular complexity index is 1610. The van der Waals surface area contributed by atoms with Gasteiger partial charge < -0.3 is 9.64 Å². The molecule has 7 nitrogen and oxygen atoms in total. The molecule has 3 heterocycles. The van der Waals surface area contributed by atoms with E-state index >= 15 is 0 Å². The lowest BCUT2D eigenvalue weighted by Crippen LogP contribution is -2.40. The second-order valence-corrected chi connectivity index (χ2v) is 9.35. The zero-order valence-corrected chi connectivity index (χ0v) is 21.0. The monoisotopic (exact) mass is 499 g/mol. The Hall–Kier alpha value is -4.04. The maximum Gasteiger partial charge on any atom is 0.338 e. The number of esters is 1. The molecule has 0 spiro atoms. The lowest BCUT2D eigenvalue weighted by atomic mass is 10.0. The molecule has 2 aliphatic rings. The Morgan fingerprint density at radius 3 is 2.53 bits per heavy atom. The van der Waals surface area contributed by atoms with Crippen molar-refractivity contribution in [2.24, 2.45) is 4.99 Å². The number of nitrogens with zero attached hydrogens (tertiary/aromatic N) is 3. The fourth-order valence-electron chi connectivity index (χ4n) is 4.65. The number of carbonyl (C=O) groups is 2. The van der Waals surface area contributed by atoms with E-state index in [0.29, 0.717) is 32.7 Å². The first-order valence-corrected chi connectivity index (χ1v) is 12.6. The van der Waals surface area contributed by atoms with E-state index in [1.54, 1.807) is 18.7 Å². The van der Waals surface area contributed by atoms with Gasteiger partial charge in [-0.05, 0) is 32.4 Å². The van der Waals surface area contributed by atoms with Gasteiger partial charge in [0.2, 0.25) is 0 Å². The molecule has 0 aliphatic carbocycles. The summed E-state index contributed by atoms with van der Waals surface area (Å²) >= 11 is 1.17. The molecule has 1 atom stereocenters. The van der Waals surface area contributed by atoms with E-state index < -0.39 is 12.0 Å². The number of thiazole rings is 1. The molecule has 8 heteroatoms. The smallest absolute Gasteiger partial charge is 0.338 e. The van der Waals surface area contributed by atoms with Crippen LogP contribution < -0.4 is 19.8 Å². The maximum absolute atomic E-state index is 13.9. The van der Waals surface area contributed by atoms with Crippen molar-refractivity contribution in [1.29, 1.82) is 0 Å². The number of allylic oxidation sites excluding steroid dienone is 2. The van der Waals surface area contributed by atoms with Gasteiger partial charge in [0, 0.05) is 12.1 Å². The third-order valence-corrected chi connectivity index (χ3v) is 7.33. The molecule has 1 unspecified atom stereocenters. The largest absolute Gasteiger partial charge is 0.463 e. The SMILES string of the molecule is CCOC(=O)C1=C(C)N=c2sc(=C3C(=O)N(CC)c4ccccc43)c(=O)n2C1/C=C/c1ccccc1. The summed E-state index contributed by atoms with van der Waals surface area (Å²) < 4.78 is 7.13. The topological polar surface area (TPSA) is 81.0 Å². The quantitative estimate of drug-likeness (QED) is 0.505. The van der Waals surface area contributed by atoms with Gasteiger partial charge in [0.25, 0.3) is 11.5 Å². The van der Waals surface area contributed by atoms with Gasteiger partial charge in [-0.25, -0.2) is 9.79 Å². The third kappa shape index (κ3) is 3.83. The lowest BCUT2D eigenvalue weighted by molar-refractivity contribution is -0.139. The van der Waals surface area contributed by atoms with Crippen LogP contribution in [0.4, 0.5) is 5.69 Å². The normalized spacial score (nSPS) is 18.4. The van der Waals surface area contributed by atoms with Crippen molar-refractivity contribution in [2.45, 2.75) is 26.8 Å². The van der Waals surface area contributed by atoms with Crippen LogP contribution >= 0.6 is 11.3 Å². The molecule has 0 bridgehead atoms. The number of amides is 1. The molecule has 0 fully saturated rings. The van der Waals surface area contributed by atoms with Crippen molar-refractivity contribution in [1.82, 2.24) is 4.57 Å². The van der Waals surface area contributed by atoms with Crippen LogP contribution in [0.2, 0.25) is 0 Å². The van der Waals surface area contributed by atoms with E-state index in [-0.39, 0.29) is 18.1 Å². The van der Waals surface area contributed by atoms with Crippen LogP contribution in [0, 0.1) is 0 Å². The highest BCUT2D eigenvalue weighted by Crippen LogP contribution is 2.35. The molecule has 2 aromatic carbocycles. The summed E-state index contributed by atoms with van der Waals surface area (Å²) in [6.45, 7) is 6.08. The molecule has 1 aromatic heterocycles. The van der Waals surface area contributed by atoms with Gasteiger partial charge in [-0.15, -0.1) is 0 Å². The zero-order valence-electron chi connectivity index (χ0n) is 20.2. The van der Waals surface area contributed by atoms with Crippen LogP contribution in [0.25, 0.3) is 11.6 Å². The number of benzene rings is 2. The van der Waals surface area contributed by atoms with Crippen LogP contribution in [0.1, 0.15) is 37.9 Å². The second kappa shape index (κ2) is 9.54. The molecule has 0 saturated heterocycles. The van der Waals surface area contributed by atoms with E-state index in [0.717, 1.165) is 16.8 Å². The summed E-state index contributed by atoms with van der Waals surface area (Å²) in [4.78, 5) is 47.0. The Labute approximate surface area is 212 Å². The van der Waals surface area contributed by atoms with Gasteiger partial charge in [0.05, 0.1) is 35.2 Å². The van der Waals surface area contributed by atoms with E-state index in [1.807, 2.05) is 73.7 Å². The van der Waals surface area contributed by atoms with E-state index in [2.05, 4.69) is 4.99 Å². The predicted octanol–water partition coefficient (Wildman–Crippen LogP) is 3.20. The van der Waals surface area contributed by atoms with Gasteiger partial charge >= 0.3 is 5.97 Å². The summed E-state index contributed by atoms with van der Waals surface area (Å²) in [5.41, 5.74) is 3.26. The van der Waals surface area contributed by atoms with Gasteiger partial charge in [0.15, 0.2) is 4.80 Å². The molecule has 3 aromatic rings. The predicted molar refractivity (Wildman–Crippen MR) is 140 cm³/mol. The van der Waals surface area contributed by atoms with Crippen molar-refractivity contribution in [3.05, 3.63) is 103 Å². The van der Waals surface area contributed by atoms with E-state index in [9.17, 15) is 14.4 Å². The highest BCUT2D eigenvalue weighted by Gasteiger charge is 2.35. The van der Waals surface area contributed by atoms with Crippen molar-refractivity contribution in [3.63, 3.8) is 0 Å². The van der Waals surface area contributed by atoms with E-state index in [4.69, 9.17) is 4.74 Å². The first-order chi connectivity index (χ1) is 17.5. The van der Waals surface area contributed by atoms with E-state index in [1.165, 1.54) is 15.9 Å². The molecule has 0 radical (unpaired) electrons. The second-order valence-electron chi connectivity index (χ2n) is 8.38. The maximum atomic E-state index is 13.9. The molecular formula is C28H25N3O4S. The Morgan fingerprint density at radius 2 is 1.81 bits per heavy atom. The molecule has 182 valence electrons. The number of carbonyl (C=O) groups excluding carboxylic acids is 2. The van der Waals surface area contributed by atoms with Crippen molar-refractivity contribution >= 4 is 40.5 Å². The van der Waals surface area contributed by atoms with Crippen molar-refractivity contribution < 1.29 is 14.3 Å². The minimum absolute atomic E-state index is 0.206. The standard InChI is InChI=1S/C28H25N3O4S/c1-4-30-20-14-10-9-13-19(20)23(25(30)32)24-26(33)31-21(16-15-18-11-7-6-8-12-18)22(27(34)35-5-2)17(3)29-28(31)36-24/h6-16,21H,4-5H2,1-3H3/b16-15+,24-23?. The fourth-order valence-corrected chi connectivity index (χ4v) is 5.79. The van der Waals surface area contributed by atoms with Gasteiger partial charge in [0.1, 0.15) is 4.53 Å². The molecule has 0 saturated carbocycles. The number of hydrogen-bond acceptors (Lipinski definition) is 6. The number of para-hydroxylation sites is 1. The minimum Gasteiger partial charge on any atom is -0.463 e. The van der Waals surface area contributed by atoms with Gasteiger partial charge in [-0.2, -0.15) is 0 Å². The van der Waals surface area contributed by atoms with Crippen LogP contribution in [0.5, 0.6) is 0 Å². The molecule has 2 aliphatic heterocycles. The van der Waals surface area contributed by atoms with Crippen molar-refractivity contribution in [2.75, 3.05) is 18.1 Å². The van der Waals surface area contributed by atoms with Crippen LogP contribution in [-0.4, -0.2) is 29.6 Å². The summed E-state index contributed by atoms with van der Waals surface area (Å²) in [5.74, 6) is -0.722. The lowest BCUT2D eigenvalue weighted by Gasteiger charge is -2.21. The number of ether oxygens (including phenoxy) is 1. The number of likely N-dealkylation sites (N-methyl/N-ethyl adjacent to an activating group) is 1. The molecule has 36 heavy (non-hydrogen) atoms. The first-order valence-electron chi connectivity index (χ1n) is 11.8. The van der Waals surface area contributed by atoms with Gasteiger partial charge in [-0.1, -0.05) is 72.0 Å². The summed E-state index contributed by atoms with van der Waals surface area (Å²) in [6.07, 6.45) is 3.69. The summed E-state index contributed by atoms with van der Waals surface area (Å²) in [7, 11) is 0. The van der Waals surface area contributed by atoms with Crippen LogP contribution in [0.3, 0.4) is 0 Å². The number of anilines is 1. The highest BCUT2D eigenvalue weighted by molar-refractivity contribution is 7.07. The number of hydrogen-bond donors (Lipinski definition) is 0. The molecular weight excluding hydrogens is 474 g/mol. The average molecular weight is 500 g/mol. The number of fused-ring (bicyclic) bond motifs is 2. The third-order valence-electron chi connectivity index (χ3n) is 6.27. The highest BCUT2D eigenvalue weighted by atomic mass is 32.1.